The second-order valence-corrected chi connectivity index (χ2v) is 10.8. The van der Waals surface area contributed by atoms with Crippen molar-refractivity contribution in [1.82, 2.24) is 0 Å². The van der Waals surface area contributed by atoms with Crippen LogP contribution >= 0.6 is 15.9 Å². The molecule has 146 valence electrons. The molecule has 28 heavy (non-hydrogen) atoms. The standard InChI is InChI=1S/C20H17BrO5S2/c1-2-14-12-18(22)20(28(25,26)17-10-8-15(21)9-11-17)13-19(14)27(23,24)16-6-4-3-5-7-16/h3-13,22H,2H2,1H3. The molecule has 0 saturated heterocycles. The Balaban J connectivity index is 2.26. The smallest absolute Gasteiger partial charge is 0.210 e. The summed E-state index contributed by atoms with van der Waals surface area (Å²) in [5.41, 5.74) is 0.344. The van der Waals surface area contributed by atoms with Crippen molar-refractivity contribution in [2.75, 3.05) is 0 Å². The number of aromatic hydroxyl groups is 1. The van der Waals surface area contributed by atoms with E-state index in [0.717, 1.165) is 6.07 Å². The van der Waals surface area contributed by atoms with Crippen LogP contribution in [0.5, 0.6) is 5.75 Å². The van der Waals surface area contributed by atoms with Crippen molar-refractivity contribution in [3.63, 3.8) is 0 Å². The zero-order chi connectivity index (χ0) is 20.5. The van der Waals surface area contributed by atoms with Gasteiger partial charge in [-0.2, -0.15) is 0 Å². The molecule has 0 atom stereocenters. The number of aryl methyl sites for hydroxylation is 1. The van der Waals surface area contributed by atoms with Gasteiger partial charge in [0.25, 0.3) is 0 Å². The highest BCUT2D eigenvalue weighted by atomic mass is 79.9. The van der Waals surface area contributed by atoms with Crippen LogP contribution in [0, 0.1) is 0 Å². The van der Waals surface area contributed by atoms with Gasteiger partial charge in [-0.25, -0.2) is 16.8 Å². The van der Waals surface area contributed by atoms with E-state index in [1.165, 1.54) is 30.3 Å². The normalized spacial score (nSPS) is 12.1. The van der Waals surface area contributed by atoms with Crippen LogP contribution in [0.2, 0.25) is 0 Å². The predicted molar refractivity (Wildman–Crippen MR) is 109 cm³/mol. The quantitative estimate of drug-likeness (QED) is 0.584. The van der Waals surface area contributed by atoms with Crippen molar-refractivity contribution in [3.8, 4) is 5.75 Å². The SMILES string of the molecule is CCc1cc(O)c(S(=O)(=O)c2ccc(Br)cc2)cc1S(=O)(=O)c1ccccc1. The lowest BCUT2D eigenvalue weighted by Gasteiger charge is -2.14. The Bertz CT molecular complexity index is 1220. The molecule has 0 aliphatic carbocycles. The molecular weight excluding hydrogens is 464 g/mol. The lowest BCUT2D eigenvalue weighted by molar-refractivity contribution is 0.456. The van der Waals surface area contributed by atoms with Gasteiger partial charge in [0.05, 0.1) is 14.7 Å². The highest BCUT2D eigenvalue weighted by molar-refractivity contribution is 9.10. The van der Waals surface area contributed by atoms with Crippen LogP contribution in [0.3, 0.4) is 0 Å². The van der Waals surface area contributed by atoms with Crippen LogP contribution in [0.15, 0.2) is 90.8 Å². The molecule has 0 fully saturated rings. The van der Waals surface area contributed by atoms with E-state index in [1.807, 2.05) is 0 Å². The number of hydrogen-bond donors (Lipinski definition) is 1. The first-order chi connectivity index (χ1) is 13.2. The monoisotopic (exact) mass is 480 g/mol. The molecule has 0 aliphatic rings. The summed E-state index contributed by atoms with van der Waals surface area (Å²) in [6.07, 6.45) is 0.313. The van der Waals surface area contributed by atoms with E-state index in [1.54, 1.807) is 37.3 Å². The molecule has 0 heterocycles. The molecular formula is C20H17BrO5S2. The van der Waals surface area contributed by atoms with Gasteiger partial charge < -0.3 is 5.11 Å². The van der Waals surface area contributed by atoms with Gasteiger partial charge in [-0.05, 0) is 60.5 Å². The summed E-state index contributed by atoms with van der Waals surface area (Å²) in [6, 6.07) is 15.9. The average Bonchev–Trinajstić information content (AvgIpc) is 2.68. The second-order valence-electron chi connectivity index (χ2n) is 6.06. The summed E-state index contributed by atoms with van der Waals surface area (Å²) < 4.78 is 52.9. The highest BCUT2D eigenvalue weighted by Crippen LogP contribution is 2.35. The average molecular weight is 481 g/mol. The Kier molecular flexibility index (Phi) is 5.65. The number of sulfone groups is 2. The second kappa shape index (κ2) is 7.69. The highest BCUT2D eigenvalue weighted by Gasteiger charge is 2.28. The van der Waals surface area contributed by atoms with Crippen LogP contribution < -0.4 is 0 Å². The van der Waals surface area contributed by atoms with E-state index in [-0.39, 0.29) is 14.7 Å². The van der Waals surface area contributed by atoms with Gasteiger partial charge in [0, 0.05) is 4.47 Å². The Labute approximate surface area is 172 Å². The van der Waals surface area contributed by atoms with Gasteiger partial charge in [-0.1, -0.05) is 41.1 Å². The molecule has 0 aromatic heterocycles. The molecule has 0 radical (unpaired) electrons. The summed E-state index contributed by atoms with van der Waals surface area (Å²) in [5, 5.41) is 10.4. The Morgan fingerprint density at radius 3 is 1.89 bits per heavy atom. The Morgan fingerprint density at radius 2 is 1.32 bits per heavy atom. The van der Waals surface area contributed by atoms with Gasteiger partial charge >= 0.3 is 0 Å². The van der Waals surface area contributed by atoms with Crippen LogP contribution in [0.25, 0.3) is 0 Å². The van der Waals surface area contributed by atoms with Crippen LogP contribution in [-0.2, 0) is 26.1 Å². The van der Waals surface area contributed by atoms with Crippen LogP contribution in [0.1, 0.15) is 12.5 Å². The van der Waals surface area contributed by atoms with Gasteiger partial charge in [0.15, 0.2) is 0 Å². The lowest BCUT2D eigenvalue weighted by Crippen LogP contribution is -2.09. The summed E-state index contributed by atoms with van der Waals surface area (Å²) in [4.78, 5) is -0.558. The minimum Gasteiger partial charge on any atom is -0.507 e. The largest absolute Gasteiger partial charge is 0.507 e. The first kappa shape index (κ1) is 20.6. The number of hydrogen-bond acceptors (Lipinski definition) is 5. The number of phenols is 1. The maximum atomic E-state index is 13.1. The molecule has 3 rings (SSSR count). The Morgan fingerprint density at radius 1 is 0.786 bits per heavy atom. The third-order valence-electron chi connectivity index (χ3n) is 4.28. The van der Waals surface area contributed by atoms with E-state index in [2.05, 4.69) is 15.9 Å². The molecule has 0 saturated carbocycles. The van der Waals surface area contributed by atoms with Crippen molar-refractivity contribution in [2.45, 2.75) is 32.9 Å². The zero-order valence-electron chi connectivity index (χ0n) is 14.8. The first-order valence-corrected chi connectivity index (χ1v) is 12.1. The molecule has 0 unspecified atom stereocenters. The Hall–Kier alpha value is -2.16. The summed E-state index contributed by atoms with van der Waals surface area (Å²) in [6.45, 7) is 1.74. The molecule has 1 N–H and O–H groups in total. The van der Waals surface area contributed by atoms with Gasteiger partial charge in [-0.3, -0.25) is 0 Å². The molecule has 0 amide bonds. The van der Waals surface area contributed by atoms with Crippen molar-refractivity contribution >= 4 is 35.6 Å². The van der Waals surface area contributed by atoms with Crippen molar-refractivity contribution in [1.29, 1.82) is 0 Å². The molecule has 3 aromatic carbocycles. The lowest BCUT2D eigenvalue weighted by atomic mass is 10.1. The van der Waals surface area contributed by atoms with Gasteiger partial charge in [0.2, 0.25) is 19.7 Å². The van der Waals surface area contributed by atoms with Crippen LogP contribution in [-0.4, -0.2) is 21.9 Å². The van der Waals surface area contributed by atoms with Gasteiger partial charge in [0.1, 0.15) is 10.6 Å². The number of halogens is 1. The molecule has 5 nitrogen and oxygen atoms in total. The number of phenolic OH excluding ortho intramolecular Hbond substituents is 1. The van der Waals surface area contributed by atoms with E-state index in [9.17, 15) is 21.9 Å². The molecule has 0 aliphatic heterocycles. The minimum absolute atomic E-state index is 0.0432. The fourth-order valence-electron chi connectivity index (χ4n) is 2.80. The predicted octanol–water partition coefficient (Wildman–Crippen LogP) is 4.38. The van der Waals surface area contributed by atoms with E-state index in [4.69, 9.17) is 0 Å². The maximum absolute atomic E-state index is 13.1. The van der Waals surface area contributed by atoms with E-state index in [0.29, 0.717) is 16.5 Å². The van der Waals surface area contributed by atoms with Gasteiger partial charge in [-0.15, -0.1) is 0 Å². The van der Waals surface area contributed by atoms with Crippen molar-refractivity contribution in [2.24, 2.45) is 0 Å². The van der Waals surface area contributed by atoms with Crippen LogP contribution in [0.4, 0.5) is 0 Å². The van der Waals surface area contributed by atoms with E-state index < -0.39 is 30.3 Å². The summed E-state index contributed by atoms with van der Waals surface area (Å²) >= 11 is 3.24. The number of rotatable bonds is 5. The topological polar surface area (TPSA) is 88.5 Å². The minimum atomic E-state index is -4.11. The molecule has 8 heteroatoms. The van der Waals surface area contributed by atoms with E-state index >= 15 is 0 Å². The fraction of sp³-hybridized carbons (Fsp3) is 0.100. The van der Waals surface area contributed by atoms with Crippen molar-refractivity contribution in [3.05, 3.63) is 76.8 Å². The third kappa shape index (κ3) is 3.72. The third-order valence-corrected chi connectivity index (χ3v) is 8.46. The fourth-order valence-corrected chi connectivity index (χ4v) is 6.09. The number of benzene rings is 3. The molecule has 0 bridgehead atoms. The summed E-state index contributed by atoms with van der Waals surface area (Å²) in [7, 11) is -8.06. The first-order valence-electron chi connectivity index (χ1n) is 8.34. The van der Waals surface area contributed by atoms with Crippen molar-refractivity contribution < 1.29 is 21.9 Å². The zero-order valence-corrected chi connectivity index (χ0v) is 18.1. The molecule has 3 aromatic rings. The summed E-state index contributed by atoms with van der Waals surface area (Å²) in [5.74, 6) is -0.480. The molecule has 0 spiro atoms. The maximum Gasteiger partial charge on any atom is 0.210 e.